The van der Waals surface area contributed by atoms with E-state index in [9.17, 15) is 18.8 Å². The fraction of sp³-hybridized carbons (Fsp3) is 0.400. The number of hydrogen-bond acceptors (Lipinski definition) is 6. The van der Waals surface area contributed by atoms with Gasteiger partial charge in [-0.1, -0.05) is 28.9 Å². The van der Waals surface area contributed by atoms with Crippen molar-refractivity contribution in [1.29, 1.82) is 0 Å². The van der Waals surface area contributed by atoms with Gasteiger partial charge in [0.25, 0.3) is 11.5 Å². The van der Waals surface area contributed by atoms with Gasteiger partial charge < -0.3 is 14.8 Å². The number of likely N-dealkylation sites (N-methyl/N-ethyl adjacent to an activating group) is 1. The van der Waals surface area contributed by atoms with E-state index in [0.29, 0.717) is 30.9 Å². The number of likely N-dealkylation sites (tertiary alicyclic amines) is 1. The first-order chi connectivity index (χ1) is 17.8. The van der Waals surface area contributed by atoms with Crippen molar-refractivity contribution in [2.45, 2.75) is 25.6 Å². The maximum Gasteiger partial charge on any atom is 0.263 e. The van der Waals surface area contributed by atoms with Crippen molar-refractivity contribution >= 4 is 23.4 Å². The highest BCUT2D eigenvalue weighted by molar-refractivity contribution is 6.30. The summed E-state index contributed by atoms with van der Waals surface area (Å²) in [4.78, 5) is 42.1. The number of pyridine rings is 1. The highest BCUT2D eigenvalue weighted by atomic mass is 35.5. The quantitative estimate of drug-likeness (QED) is 0.542. The maximum atomic E-state index is 14.6. The molecule has 3 aromatic rings. The average Bonchev–Trinajstić information content (AvgIpc) is 3.49. The number of hydrogen-bond donors (Lipinski definition) is 1. The molecule has 2 amide bonds. The van der Waals surface area contributed by atoms with Crippen LogP contribution in [-0.2, 0) is 17.9 Å². The molecule has 4 bridgehead atoms. The monoisotopic (exact) mass is 527 g/mol. The maximum absolute atomic E-state index is 14.6. The molecule has 1 aromatic carbocycles. The molecule has 10 nitrogen and oxygen atoms in total. The molecular formula is C25H27ClFN7O3. The Morgan fingerprint density at radius 3 is 2.84 bits per heavy atom. The second-order valence-corrected chi connectivity index (χ2v) is 9.97. The van der Waals surface area contributed by atoms with E-state index in [1.165, 1.54) is 21.6 Å². The zero-order valence-electron chi connectivity index (χ0n) is 20.3. The van der Waals surface area contributed by atoms with Crippen LogP contribution in [0.1, 0.15) is 34.1 Å². The van der Waals surface area contributed by atoms with Crippen LogP contribution in [0.3, 0.4) is 0 Å². The first-order valence-corrected chi connectivity index (χ1v) is 12.5. The topological polar surface area (TPSA) is 105 Å². The van der Waals surface area contributed by atoms with Gasteiger partial charge in [0.15, 0.2) is 0 Å². The lowest BCUT2D eigenvalue weighted by atomic mass is 9.99. The van der Waals surface area contributed by atoms with Crippen molar-refractivity contribution in [2.75, 3.05) is 33.2 Å². The van der Waals surface area contributed by atoms with E-state index in [4.69, 9.17) is 11.6 Å². The molecule has 0 radical (unpaired) electrons. The molecule has 0 saturated carbocycles. The van der Waals surface area contributed by atoms with E-state index in [1.807, 2.05) is 0 Å². The number of halogens is 2. The Balaban J connectivity index is 1.44. The summed E-state index contributed by atoms with van der Waals surface area (Å²) in [7, 11) is 1.60. The third kappa shape index (κ3) is 5.28. The van der Waals surface area contributed by atoms with E-state index in [2.05, 4.69) is 20.5 Å². The van der Waals surface area contributed by atoms with Gasteiger partial charge in [-0.25, -0.2) is 9.07 Å². The number of carbonyl (C=O) groups is 2. The lowest BCUT2D eigenvalue weighted by Gasteiger charge is -2.20. The number of rotatable bonds is 2. The van der Waals surface area contributed by atoms with Gasteiger partial charge >= 0.3 is 0 Å². The molecule has 37 heavy (non-hydrogen) atoms. The van der Waals surface area contributed by atoms with E-state index >= 15 is 0 Å². The van der Waals surface area contributed by atoms with Gasteiger partial charge in [0, 0.05) is 63.9 Å². The number of carbonyl (C=O) groups excluding carboxylic acids is 2. The molecule has 2 aliphatic heterocycles. The zero-order chi connectivity index (χ0) is 26.1. The van der Waals surface area contributed by atoms with E-state index in [0.717, 1.165) is 0 Å². The van der Waals surface area contributed by atoms with Crippen molar-refractivity contribution < 1.29 is 14.0 Å². The predicted molar refractivity (Wildman–Crippen MR) is 134 cm³/mol. The van der Waals surface area contributed by atoms with Gasteiger partial charge in [0.2, 0.25) is 5.91 Å². The normalized spacial score (nSPS) is 21.1. The third-order valence-corrected chi connectivity index (χ3v) is 7.24. The van der Waals surface area contributed by atoms with Gasteiger partial charge in [0.1, 0.15) is 17.1 Å². The van der Waals surface area contributed by atoms with Crippen LogP contribution in [0, 0.1) is 11.7 Å². The molecule has 1 fully saturated rings. The Hall–Kier alpha value is -3.57. The highest BCUT2D eigenvalue weighted by Crippen LogP contribution is 2.32. The molecule has 4 heterocycles. The van der Waals surface area contributed by atoms with Gasteiger partial charge in [-0.2, -0.15) is 0 Å². The summed E-state index contributed by atoms with van der Waals surface area (Å²) in [6, 6.07) is 7.91. The number of nitrogens with zero attached hydrogens (tertiary/aromatic N) is 6. The molecule has 194 valence electrons. The first kappa shape index (κ1) is 25.1. The minimum absolute atomic E-state index is 0.0514. The molecule has 2 aromatic heterocycles. The first-order valence-electron chi connectivity index (χ1n) is 12.1. The Kier molecular flexibility index (Phi) is 7.07. The highest BCUT2D eigenvalue weighted by Gasteiger charge is 2.36. The Morgan fingerprint density at radius 1 is 1.16 bits per heavy atom. The van der Waals surface area contributed by atoms with Crippen LogP contribution in [0.2, 0.25) is 5.02 Å². The van der Waals surface area contributed by atoms with Crippen molar-refractivity contribution in [2.24, 2.45) is 5.92 Å². The summed E-state index contributed by atoms with van der Waals surface area (Å²) >= 11 is 5.97. The summed E-state index contributed by atoms with van der Waals surface area (Å²) < 4.78 is 17.7. The van der Waals surface area contributed by atoms with Crippen molar-refractivity contribution in [3.8, 4) is 0 Å². The molecule has 0 unspecified atom stereocenters. The van der Waals surface area contributed by atoms with Gasteiger partial charge in [-0.05, 0) is 18.2 Å². The summed E-state index contributed by atoms with van der Waals surface area (Å²) in [5, 5.41) is 11.5. The van der Waals surface area contributed by atoms with Crippen LogP contribution in [0.4, 0.5) is 4.39 Å². The van der Waals surface area contributed by atoms with E-state index in [-0.39, 0.29) is 54.5 Å². The van der Waals surface area contributed by atoms with Crippen LogP contribution in [0.5, 0.6) is 0 Å². The van der Waals surface area contributed by atoms with E-state index in [1.54, 1.807) is 42.3 Å². The van der Waals surface area contributed by atoms with Crippen LogP contribution in [0.25, 0.3) is 0 Å². The predicted octanol–water partition coefficient (Wildman–Crippen LogP) is 1.55. The molecule has 12 heteroatoms. The molecule has 2 aliphatic rings. The molecule has 0 spiro atoms. The van der Waals surface area contributed by atoms with Crippen LogP contribution in [-0.4, -0.2) is 74.4 Å². The number of amides is 2. The van der Waals surface area contributed by atoms with Crippen molar-refractivity contribution in [1.82, 2.24) is 34.7 Å². The summed E-state index contributed by atoms with van der Waals surface area (Å²) in [6.07, 6.45) is 3.61. The number of nitrogens with one attached hydrogen (secondary N) is 1. The third-order valence-electron chi connectivity index (χ3n) is 6.95. The lowest BCUT2D eigenvalue weighted by Crippen LogP contribution is -2.39. The summed E-state index contributed by atoms with van der Waals surface area (Å²) in [5.41, 5.74) is 0.671. The fourth-order valence-corrected chi connectivity index (χ4v) is 5.20. The van der Waals surface area contributed by atoms with Gasteiger partial charge in [-0.15, -0.1) is 5.10 Å². The number of aromatic nitrogens is 4. The molecule has 0 aliphatic carbocycles. The van der Waals surface area contributed by atoms with Crippen molar-refractivity contribution in [3.05, 3.63) is 80.7 Å². The molecule has 2 atom stereocenters. The Bertz CT molecular complexity index is 1390. The van der Waals surface area contributed by atoms with Crippen LogP contribution in [0.15, 0.2) is 47.5 Å². The Labute approximate surface area is 217 Å². The largest absolute Gasteiger partial charge is 0.354 e. The molecular weight excluding hydrogens is 501 g/mol. The second kappa shape index (κ2) is 10.4. The average molecular weight is 528 g/mol. The van der Waals surface area contributed by atoms with Gasteiger partial charge in [-0.3, -0.25) is 19.3 Å². The van der Waals surface area contributed by atoms with Crippen LogP contribution >= 0.6 is 11.6 Å². The summed E-state index contributed by atoms with van der Waals surface area (Å²) in [5.74, 6) is -1.11. The molecule has 1 N–H and O–H groups in total. The minimum Gasteiger partial charge on any atom is -0.354 e. The van der Waals surface area contributed by atoms with Crippen molar-refractivity contribution in [3.63, 3.8) is 0 Å². The smallest absolute Gasteiger partial charge is 0.263 e. The standard InChI is InChI=1S/C25H27ClFN7O3/c1-31-9-7-28-22(35)10-17-12-32(11-16-4-2-6-20(26)23(16)27)15-21(17)34-14-18(29-30-34)13-33-8-3-5-19(24(31)36)25(33)37/h2-6,8,14,17,21H,7,9-13,15H2,1H3,(H,28,35)/t17-,21+/m1/s1. The number of benzene rings is 1. The summed E-state index contributed by atoms with van der Waals surface area (Å²) in [6.45, 7) is 2.11. The van der Waals surface area contributed by atoms with Crippen LogP contribution < -0.4 is 10.9 Å². The lowest BCUT2D eigenvalue weighted by molar-refractivity contribution is -0.122. The Morgan fingerprint density at radius 2 is 2.00 bits per heavy atom. The zero-order valence-corrected chi connectivity index (χ0v) is 21.1. The molecule has 5 rings (SSSR count). The number of fused-ring (bicyclic) bond motifs is 6. The van der Waals surface area contributed by atoms with E-state index < -0.39 is 17.3 Å². The SMILES string of the molecule is CN1CCNC(=O)C[C@@H]2CN(Cc3cccc(Cl)c3F)C[C@@H]2n2cc(nn2)Cn2cccc(c2=O)C1=O. The second-order valence-electron chi connectivity index (χ2n) is 9.56. The van der Waals surface area contributed by atoms with Gasteiger partial charge in [0.05, 0.1) is 23.8 Å². The fourth-order valence-electron chi connectivity index (χ4n) is 5.01. The minimum atomic E-state index is -0.443. The molecule has 1 saturated heterocycles.